The zero-order valence-electron chi connectivity index (χ0n) is 35.5. The molecule has 1 aliphatic heterocycles. The van der Waals surface area contributed by atoms with Crippen LogP contribution in [-0.4, -0.2) is 121 Å². The molecule has 7 N–H and O–H groups in total. The summed E-state index contributed by atoms with van der Waals surface area (Å²) in [5.41, 5.74) is -2.75. The van der Waals surface area contributed by atoms with Crippen LogP contribution in [0, 0.1) is 52.3 Å². The topological polar surface area (TPSA) is 197 Å². The smallest absolute Gasteiger partial charge is 0.311 e. The Kier molecular flexibility index (Phi) is 13.7. The summed E-state index contributed by atoms with van der Waals surface area (Å²) in [5, 5.41) is 72.2. The third kappa shape index (κ3) is 8.41. The molecule has 17 atom stereocenters. The summed E-state index contributed by atoms with van der Waals surface area (Å²) in [6.07, 6.45) is 2.51. The van der Waals surface area contributed by atoms with Crippen molar-refractivity contribution < 1.29 is 49.8 Å². The van der Waals surface area contributed by atoms with E-state index in [1.54, 1.807) is 20.8 Å². The molecule has 0 radical (unpaired) electrons. The van der Waals surface area contributed by atoms with Crippen molar-refractivity contribution in [3.8, 4) is 0 Å². The number of carbonyl (C=O) groups excluding carboxylic acids is 3. The van der Waals surface area contributed by atoms with Crippen LogP contribution >= 0.6 is 0 Å². The maximum atomic E-state index is 14.0. The number of nitrogens with one attached hydrogen (secondary N) is 1. The zero-order chi connectivity index (χ0) is 41.7. The van der Waals surface area contributed by atoms with Crippen molar-refractivity contribution in [2.45, 2.75) is 174 Å². The first-order valence-corrected chi connectivity index (χ1v) is 21.6. The lowest BCUT2D eigenvalue weighted by molar-refractivity contribution is -0.193. The Morgan fingerprint density at radius 1 is 0.946 bits per heavy atom. The largest absolute Gasteiger partial charge is 0.459 e. The predicted molar refractivity (Wildman–Crippen MR) is 212 cm³/mol. The summed E-state index contributed by atoms with van der Waals surface area (Å²) >= 11 is 0. The lowest BCUT2D eigenvalue weighted by Gasteiger charge is -2.59. The van der Waals surface area contributed by atoms with Crippen LogP contribution in [0.25, 0.3) is 0 Å². The molecule has 0 spiro atoms. The van der Waals surface area contributed by atoms with E-state index < -0.39 is 65.6 Å². The van der Waals surface area contributed by atoms with E-state index >= 15 is 0 Å². The predicted octanol–water partition coefficient (Wildman–Crippen LogP) is 3.52. The quantitative estimate of drug-likeness (QED) is 0.154. The van der Waals surface area contributed by atoms with E-state index in [9.17, 15) is 45.0 Å². The molecule has 320 valence electrons. The van der Waals surface area contributed by atoms with Crippen LogP contribution < -0.4 is 5.32 Å². The Hall–Kier alpha value is -1.93. The molecule has 3 unspecified atom stereocenters. The number of ether oxygens (including phenoxy) is 1. The van der Waals surface area contributed by atoms with E-state index in [2.05, 4.69) is 19.2 Å². The second-order valence-electron chi connectivity index (χ2n) is 19.9. The minimum atomic E-state index is -1.85. The van der Waals surface area contributed by atoms with Crippen molar-refractivity contribution in [3.05, 3.63) is 11.6 Å². The fraction of sp³-hybridized carbons (Fsp3) is 0.886. The molecule has 12 nitrogen and oxygen atoms in total. The summed E-state index contributed by atoms with van der Waals surface area (Å²) in [7, 11) is 0. The van der Waals surface area contributed by atoms with E-state index in [1.807, 2.05) is 17.9 Å². The molecule has 0 bridgehead atoms. The Morgan fingerprint density at radius 3 is 2.29 bits per heavy atom. The standard InChI is InChI=1S/C44H74N2O10/c1-10-34-44(9,55)38(51)27(5)46(23-24(2)21-43(8,54)37(50)25(3)36(49)26(4)40(53)56-34)19-11-18-45-39(52)32-15-14-31-30-13-12-28-20-29(47)16-17-41(28,6)35(30)33(48)22-42(31,32)7/h20,24-27,30-38,48-51,54-55H,10-19,21-23H2,1-9H3,(H,45,52)/t24-,25+,26-,27-,30?,31?,32-,33+,34-,35?,36+,37-,38-,41+,42+,43-,44-/m1/s1. The first-order valence-electron chi connectivity index (χ1n) is 21.6. The molecular formula is C44H74N2O10. The van der Waals surface area contributed by atoms with Crippen molar-refractivity contribution in [3.63, 3.8) is 0 Å². The molecule has 0 aromatic carbocycles. The molecule has 5 aliphatic rings. The van der Waals surface area contributed by atoms with Gasteiger partial charge in [0.05, 0.1) is 29.8 Å². The summed E-state index contributed by atoms with van der Waals surface area (Å²) in [6, 6.07) is -0.626. The number of rotatable bonds is 6. The maximum Gasteiger partial charge on any atom is 0.311 e. The molecule has 1 amide bonds. The Labute approximate surface area is 334 Å². The average Bonchev–Trinajstić information content (AvgIpc) is 3.48. The van der Waals surface area contributed by atoms with Gasteiger partial charge in [0.25, 0.3) is 0 Å². The third-order valence-electron chi connectivity index (χ3n) is 15.9. The van der Waals surface area contributed by atoms with Crippen molar-refractivity contribution in [1.82, 2.24) is 10.2 Å². The number of cyclic esters (lactones) is 1. The second kappa shape index (κ2) is 17.0. The first kappa shape index (κ1) is 45.2. The number of aliphatic hydroxyl groups is 6. The highest BCUT2D eigenvalue weighted by Crippen LogP contribution is 2.66. The van der Waals surface area contributed by atoms with Crippen LogP contribution in [0.15, 0.2) is 11.6 Å². The van der Waals surface area contributed by atoms with Gasteiger partial charge in [-0.2, -0.15) is 0 Å². The van der Waals surface area contributed by atoms with E-state index in [0.717, 1.165) is 32.1 Å². The number of hydrogen-bond acceptors (Lipinski definition) is 11. The first-order chi connectivity index (χ1) is 26.0. The Morgan fingerprint density at radius 2 is 1.62 bits per heavy atom. The van der Waals surface area contributed by atoms with Gasteiger partial charge < -0.3 is 40.7 Å². The molecule has 1 saturated heterocycles. The number of hydrogen-bond donors (Lipinski definition) is 7. The van der Waals surface area contributed by atoms with E-state index in [0.29, 0.717) is 50.7 Å². The zero-order valence-corrected chi connectivity index (χ0v) is 35.5. The normalized spacial score (nSPS) is 48.3. The van der Waals surface area contributed by atoms with E-state index in [4.69, 9.17) is 4.74 Å². The number of esters is 1. The average molecular weight is 791 g/mol. The molecule has 3 saturated carbocycles. The molecule has 0 aromatic rings. The Balaban J connectivity index is 1.27. The van der Waals surface area contributed by atoms with Gasteiger partial charge in [0, 0.05) is 43.9 Å². The summed E-state index contributed by atoms with van der Waals surface area (Å²) in [6.45, 7) is 17.2. The minimum absolute atomic E-state index is 0.00357. The van der Waals surface area contributed by atoms with Crippen molar-refractivity contribution in [2.24, 2.45) is 52.3 Å². The van der Waals surface area contributed by atoms with E-state index in [-0.39, 0.29) is 53.1 Å². The molecule has 5 rings (SSSR count). The molecular weight excluding hydrogens is 716 g/mol. The highest BCUT2D eigenvalue weighted by Gasteiger charge is 2.63. The van der Waals surface area contributed by atoms with Crippen LogP contribution in [-0.2, 0) is 19.1 Å². The molecule has 56 heavy (non-hydrogen) atoms. The molecule has 0 aromatic heterocycles. The van der Waals surface area contributed by atoms with Crippen LogP contribution in [0.5, 0.6) is 0 Å². The van der Waals surface area contributed by atoms with Gasteiger partial charge in [-0.15, -0.1) is 0 Å². The molecule has 1 heterocycles. The third-order valence-corrected chi connectivity index (χ3v) is 15.9. The van der Waals surface area contributed by atoms with Gasteiger partial charge >= 0.3 is 5.97 Å². The summed E-state index contributed by atoms with van der Waals surface area (Å²) in [5.74, 6) is -2.20. The second-order valence-corrected chi connectivity index (χ2v) is 19.9. The molecule has 12 heteroatoms. The monoisotopic (exact) mass is 791 g/mol. The highest BCUT2D eigenvalue weighted by molar-refractivity contribution is 5.91. The van der Waals surface area contributed by atoms with Gasteiger partial charge in [-0.1, -0.05) is 40.2 Å². The Bertz CT molecular complexity index is 1470. The molecule has 4 aliphatic carbocycles. The number of amides is 1. The number of nitrogens with zero attached hydrogens (tertiary/aromatic N) is 1. The van der Waals surface area contributed by atoms with Gasteiger partial charge in [-0.3, -0.25) is 19.3 Å². The lowest BCUT2D eigenvalue weighted by Crippen LogP contribution is -2.59. The number of fused-ring (bicyclic) bond motifs is 5. The fourth-order valence-corrected chi connectivity index (χ4v) is 12.6. The minimum Gasteiger partial charge on any atom is -0.459 e. The van der Waals surface area contributed by atoms with Gasteiger partial charge in [0.1, 0.15) is 17.8 Å². The summed E-state index contributed by atoms with van der Waals surface area (Å²) in [4.78, 5) is 41.5. The highest BCUT2D eigenvalue weighted by atomic mass is 16.6. The van der Waals surface area contributed by atoms with Gasteiger partial charge in [-0.25, -0.2) is 0 Å². The number of aliphatic hydroxyl groups excluding tert-OH is 4. The summed E-state index contributed by atoms with van der Waals surface area (Å²) < 4.78 is 5.72. The fourth-order valence-electron chi connectivity index (χ4n) is 12.6. The van der Waals surface area contributed by atoms with Crippen LogP contribution in [0.3, 0.4) is 0 Å². The van der Waals surface area contributed by atoms with Gasteiger partial charge in [0.15, 0.2) is 5.78 Å². The molecule has 4 fully saturated rings. The van der Waals surface area contributed by atoms with Crippen molar-refractivity contribution in [1.29, 1.82) is 0 Å². The van der Waals surface area contributed by atoms with Gasteiger partial charge in [-0.05, 0) is 126 Å². The SMILES string of the molecule is CC[C@H]1OC(=O)[C@H](C)[C@@H](O)[C@H](C)[C@@H](O)[C@](C)(O)C[C@@H](C)CN(CCCNC(=O)[C@H]2CCC3C4CCC5=CC(=O)CC[C@]5(C)C4[C@@H](O)C[C@@]32C)[C@H](C)[C@@H](O)[C@]1(C)O. The van der Waals surface area contributed by atoms with Crippen molar-refractivity contribution in [2.75, 3.05) is 19.6 Å². The lowest BCUT2D eigenvalue weighted by atomic mass is 9.46. The number of allylic oxidation sites excluding steroid dienone is 1. The number of carbonyl (C=O) groups is 3. The van der Waals surface area contributed by atoms with E-state index in [1.165, 1.54) is 26.3 Å². The van der Waals surface area contributed by atoms with Gasteiger partial charge in [0.2, 0.25) is 5.91 Å². The number of ketones is 1. The van der Waals surface area contributed by atoms with Crippen LogP contribution in [0.1, 0.15) is 127 Å². The maximum absolute atomic E-state index is 14.0. The van der Waals surface area contributed by atoms with Crippen LogP contribution in [0.2, 0.25) is 0 Å². The van der Waals surface area contributed by atoms with Crippen molar-refractivity contribution >= 4 is 17.7 Å². The van der Waals surface area contributed by atoms with Crippen LogP contribution in [0.4, 0.5) is 0 Å².